The predicted molar refractivity (Wildman–Crippen MR) is 135 cm³/mol. The third-order valence-electron chi connectivity index (χ3n) is 5.50. The Morgan fingerprint density at radius 3 is 2.66 bits per heavy atom. The van der Waals surface area contributed by atoms with Crippen molar-refractivity contribution in [1.82, 2.24) is 19.4 Å². The first-order chi connectivity index (χ1) is 16.8. The molecule has 0 fully saturated rings. The first kappa shape index (κ1) is 23.4. The summed E-state index contributed by atoms with van der Waals surface area (Å²) in [6.07, 6.45) is 0. The van der Waals surface area contributed by atoms with Gasteiger partial charge >= 0.3 is 4.87 Å². The smallest absolute Gasteiger partial charge is 0.308 e. The van der Waals surface area contributed by atoms with Crippen molar-refractivity contribution in [2.75, 3.05) is 0 Å². The summed E-state index contributed by atoms with van der Waals surface area (Å²) in [6, 6.07) is 19.4. The summed E-state index contributed by atoms with van der Waals surface area (Å²) < 4.78 is 35.7. The highest BCUT2D eigenvalue weighted by Gasteiger charge is 2.19. The average Bonchev–Trinajstić information content (AvgIpc) is 3.43. The van der Waals surface area contributed by atoms with E-state index in [1.54, 1.807) is 16.7 Å². The van der Waals surface area contributed by atoms with E-state index in [2.05, 4.69) is 14.9 Å². The molecule has 0 radical (unpaired) electrons. The van der Waals surface area contributed by atoms with Crippen LogP contribution in [0.15, 0.2) is 80.9 Å². The number of fused-ring (bicyclic) bond motifs is 1. The van der Waals surface area contributed by atoms with Crippen molar-refractivity contribution < 1.29 is 12.9 Å². The number of hydrogen-bond donors (Lipinski definition) is 1. The zero-order chi connectivity index (χ0) is 24.6. The normalized spacial score (nSPS) is 11.8. The fourth-order valence-electron chi connectivity index (χ4n) is 3.66. The van der Waals surface area contributed by atoms with Gasteiger partial charge in [0.1, 0.15) is 0 Å². The number of sulfonamides is 1. The van der Waals surface area contributed by atoms with Gasteiger partial charge in [-0.05, 0) is 42.3 Å². The molecular formula is C24H19ClN4O4S2. The van der Waals surface area contributed by atoms with Crippen LogP contribution in [0.1, 0.15) is 17.0 Å². The molecule has 5 aromatic rings. The molecule has 0 aliphatic carbocycles. The van der Waals surface area contributed by atoms with E-state index in [0.717, 1.165) is 28.0 Å². The van der Waals surface area contributed by atoms with E-state index in [1.165, 1.54) is 12.1 Å². The molecule has 0 saturated carbocycles. The molecule has 0 aliphatic heterocycles. The molecule has 178 valence electrons. The zero-order valence-corrected chi connectivity index (χ0v) is 20.8. The van der Waals surface area contributed by atoms with Crippen LogP contribution in [-0.4, -0.2) is 23.1 Å². The van der Waals surface area contributed by atoms with E-state index >= 15 is 0 Å². The SMILES string of the molecule is Cc1ccccc1-c1noc(CNS(=O)(=O)c2ccc3c(c2)sc(=O)n3Cc2ccccc2Cl)n1. The minimum absolute atomic E-state index is 0.0368. The van der Waals surface area contributed by atoms with Gasteiger partial charge in [0.15, 0.2) is 0 Å². The van der Waals surface area contributed by atoms with Crippen LogP contribution in [0.2, 0.25) is 5.02 Å². The monoisotopic (exact) mass is 526 g/mol. The Morgan fingerprint density at radius 1 is 1.09 bits per heavy atom. The van der Waals surface area contributed by atoms with Crippen molar-refractivity contribution in [2.24, 2.45) is 0 Å². The molecule has 8 nitrogen and oxygen atoms in total. The first-order valence-electron chi connectivity index (χ1n) is 10.6. The topological polar surface area (TPSA) is 107 Å². The van der Waals surface area contributed by atoms with Crippen LogP contribution in [-0.2, 0) is 23.1 Å². The Kier molecular flexibility index (Phi) is 6.28. The van der Waals surface area contributed by atoms with E-state index in [0.29, 0.717) is 27.6 Å². The van der Waals surface area contributed by atoms with Crippen LogP contribution in [0.4, 0.5) is 0 Å². The van der Waals surface area contributed by atoms with Gasteiger partial charge in [-0.1, -0.05) is 70.6 Å². The number of rotatable bonds is 7. The summed E-state index contributed by atoms with van der Waals surface area (Å²) in [7, 11) is -3.89. The number of thiazole rings is 1. The molecule has 2 aromatic heterocycles. The van der Waals surface area contributed by atoms with E-state index in [1.807, 2.05) is 49.4 Å². The molecule has 11 heteroatoms. The van der Waals surface area contributed by atoms with Crippen LogP contribution in [0, 0.1) is 6.92 Å². The van der Waals surface area contributed by atoms with Gasteiger partial charge in [0.25, 0.3) is 0 Å². The molecule has 0 unspecified atom stereocenters. The van der Waals surface area contributed by atoms with Gasteiger partial charge in [0.2, 0.25) is 21.7 Å². The molecule has 0 amide bonds. The van der Waals surface area contributed by atoms with Crippen LogP contribution in [0.5, 0.6) is 0 Å². The highest BCUT2D eigenvalue weighted by molar-refractivity contribution is 7.89. The molecule has 0 spiro atoms. The number of nitrogens with zero attached hydrogens (tertiary/aromatic N) is 3. The Labute approximate surface area is 209 Å². The van der Waals surface area contributed by atoms with Crippen molar-refractivity contribution in [3.8, 4) is 11.4 Å². The number of benzene rings is 3. The molecular weight excluding hydrogens is 508 g/mol. The number of aromatic nitrogens is 3. The summed E-state index contributed by atoms with van der Waals surface area (Å²) in [6.45, 7) is 2.06. The summed E-state index contributed by atoms with van der Waals surface area (Å²) in [5.74, 6) is 0.534. The minimum atomic E-state index is -3.89. The molecule has 0 atom stereocenters. The van der Waals surface area contributed by atoms with Crippen LogP contribution < -0.4 is 9.60 Å². The van der Waals surface area contributed by atoms with Gasteiger partial charge < -0.3 is 4.52 Å². The minimum Gasteiger partial charge on any atom is -0.338 e. The molecule has 1 N–H and O–H groups in total. The number of aryl methyl sites for hydroxylation is 1. The van der Waals surface area contributed by atoms with Crippen LogP contribution >= 0.6 is 22.9 Å². The van der Waals surface area contributed by atoms with Crippen molar-refractivity contribution in [1.29, 1.82) is 0 Å². The van der Waals surface area contributed by atoms with Crippen molar-refractivity contribution in [2.45, 2.75) is 24.9 Å². The second-order valence-electron chi connectivity index (χ2n) is 7.83. The lowest BCUT2D eigenvalue weighted by molar-refractivity contribution is 0.376. The molecule has 35 heavy (non-hydrogen) atoms. The largest absolute Gasteiger partial charge is 0.338 e. The highest BCUT2D eigenvalue weighted by atomic mass is 35.5. The van der Waals surface area contributed by atoms with Gasteiger partial charge in [-0.2, -0.15) is 4.98 Å². The lowest BCUT2D eigenvalue weighted by Gasteiger charge is -2.07. The van der Waals surface area contributed by atoms with E-state index in [9.17, 15) is 13.2 Å². The van der Waals surface area contributed by atoms with Crippen molar-refractivity contribution in [3.05, 3.63) is 98.4 Å². The fourth-order valence-corrected chi connectivity index (χ4v) is 5.86. The maximum atomic E-state index is 12.9. The summed E-state index contributed by atoms with van der Waals surface area (Å²) >= 11 is 7.22. The second-order valence-corrected chi connectivity index (χ2v) is 11.0. The quantitative estimate of drug-likeness (QED) is 0.332. The van der Waals surface area contributed by atoms with Gasteiger partial charge in [-0.15, -0.1) is 0 Å². The second kappa shape index (κ2) is 9.38. The van der Waals surface area contributed by atoms with Crippen LogP contribution in [0.25, 0.3) is 21.6 Å². The molecule has 5 rings (SSSR count). The Morgan fingerprint density at radius 2 is 1.86 bits per heavy atom. The lowest BCUT2D eigenvalue weighted by atomic mass is 10.1. The van der Waals surface area contributed by atoms with Crippen molar-refractivity contribution >= 4 is 43.2 Å². The van der Waals surface area contributed by atoms with Gasteiger partial charge in [0, 0.05) is 10.6 Å². The van der Waals surface area contributed by atoms with Crippen LogP contribution in [0.3, 0.4) is 0 Å². The molecule has 0 saturated heterocycles. The van der Waals surface area contributed by atoms with Gasteiger partial charge in [0.05, 0.1) is 28.2 Å². The molecule has 3 aromatic carbocycles. The Bertz CT molecular complexity index is 1710. The Hall–Kier alpha value is -3.31. The van der Waals surface area contributed by atoms with E-state index in [-0.39, 0.29) is 22.2 Å². The zero-order valence-electron chi connectivity index (χ0n) is 18.4. The highest BCUT2D eigenvalue weighted by Crippen LogP contribution is 2.25. The fraction of sp³-hybridized carbons (Fsp3) is 0.125. The van der Waals surface area contributed by atoms with E-state index < -0.39 is 10.0 Å². The van der Waals surface area contributed by atoms with Gasteiger partial charge in [-0.25, -0.2) is 13.1 Å². The summed E-state index contributed by atoms with van der Waals surface area (Å²) in [5, 5.41) is 4.51. The number of halogens is 1. The number of hydrogen-bond acceptors (Lipinski definition) is 7. The molecule has 0 aliphatic rings. The standard InChI is InChI=1S/C24H19ClN4O4S2/c1-15-6-2-4-8-18(15)23-27-22(33-28-23)13-26-35(31,32)17-10-11-20-21(12-17)34-24(30)29(20)14-16-7-3-5-9-19(16)25/h2-12,26H,13-14H2,1H3. The number of nitrogens with one attached hydrogen (secondary N) is 1. The predicted octanol–water partition coefficient (Wildman–Crippen LogP) is 4.60. The molecule has 2 heterocycles. The third kappa shape index (κ3) is 4.78. The Balaban J connectivity index is 1.36. The summed E-state index contributed by atoms with van der Waals surface area (Å²) in [4.78, 5) is 16.7. The lowest BCUT2D eigenvalue weighted by Crippen LogP contribution is -2.23. The maximum Gasteiger partial charge on any atom is 0.308 e. The average molecular weight is 527 g/mol. The van der Waals surface area contributed by atoms with Crippen molar-refractivity contribution in [3.63, 3.8) is 0 Å². The maximum absolute atomic E-state index is 12.9. The van der Waals surface area contributed by atoms with Gasteiger partial charge in [-0.3, -0.25) is 9.36 Å². The first-order valence-corrected chi connectivity index (χ1v) is 13.2. The van der Waals surface area contributed by atoms with E-state index in [4.69, 9.17) is 16.1 Å². The third-order valence-corrected chi connectivity index (χ3v) is 8.21. The summed E-state index contributed by atoms with van der Waals surface area (Å²) in [5.41, 5.74) is 3.24. The molecule has 0 bridgehead atoms.